The van der Waals surface area contributed by atoms with Crippen LogP contribution in [0.15, 0.2) is 0 Å². The lowest BCUT2D eigenvalue weighted by Gasteiger charge is -2.32. The molecule has 1 saturated carbocycles. The van der Waals surface area contributed by atoms with Crippen LogP contribution in [-0.2, 0) is 9.53 Å². The fourth-order valence-corrected chi connectivity index (χ4v) is 3.05. The average Bonchev–Trinajstić information content (AvgIpc) is 2.72. The van der Waals surface area contributed by atoms with Gasteiger partial charge in [-0.05, 0) is 32.6 Å². The summed E-state index contributed by atoms with van der Waals surface area (Å²) >= 11 is 0. The van der Waals surface area contributed by atoms with Gasteiger partial charge in [-0.15, -0.1) is 0 Å². The van der Waals surface area contributed by atoms with E-state index >= 15 is 0 Å². The molecule has 1 aliphatic carbocycles. The molecular formula is C14H26N2O2. The summed E-state index contributed by atoms with van der Waals surface area (Å²) in [6.45, 7) is 4.96. The van der Waals surface area contributed by atoms with Crippen molar-refractivity contribution in [3.05, 3.63) is 0 Å². The van der Waals surface area contributed by atoms with Gasteiger partial charge in [0.25, 0.3) is 0 Å². The maximum Gasteiger partial charge on any atom is 0.230 e. The van der Waals surface area contributed by atoms with Crippen LogP contribution in [-0.4, -0.2) is 31.2 Å². The maximum atomic E-state index is 12.4. The number of ether oxygens (including phenoxy) is 1. The molecule has 2 fully saturated rings. The third-order valence-electron chi connectivity index (χ3n) is 4.75. The summed E-state index contributed by atoms with van der Waals surface area (Å²) < 4.78 is 5.33. The number of carbonyl (C=O) groups excluding carboxylic acids is 1. The average molecular weight is 254 g/mol. The van der Waals surface area contributed by atoms with E-state index in [1.165, 1.54) is 32.1 Å². The highest BCUT2D eigenvalue weighted by molar-refractivity contribution is 5.83. The zero-order chi connectivity index (χ0) is 13.2. The van der Waals surface area contributed by atoms with Crippen LogP contribution in [0.4, 0.5) is 0 Å². The largest absolute Gasteiger partial charge is 0.379 e. The summed E-state index contributed by atoms with van der Waals surface area (Å²) in [5, 5.41) is 3.16. The third kappa shape index (κ3) is 2.69. The minimum absolute atomic E-state index is 0.0607. The Hall–Kier alpha value is -0.610. The molecule has 0 radical (unpaired) electrons. The number of hydrogen-bond acceptors (Lipinski definition) is 3. The molecule has 0 bridgehead atoms. The van der Waals surface area contributed by atoms with Crippen LogP contribution in [0.5, 0.6) is 0 Å². The predicted molar refractivity (Wildman–Crippen MR) is 71.1 cm³/mol. The molecule has 3 atom stereocenters. The fraction of sp³-hybridized carbons (Fsp3) is 0.929. The number of hydrogen-bond donors (Lipinski definition) is 2. The van der Waals surface area contributed by atoms with E-state index in [0.717, 1.165) is 0 Å². The van der Waals surface area contributed by atoms with Gasteiger partial charge in [-0.2, -0.15) is 0 Å². The lowest BCUT2D eigenvalue weighted by Crippen LogP contribution is -2.53. The lowest BCUT2D eigenvalue weighted by molar-refractivity contribution is -0.131. The molecule has 1 saturated heterocycles. The molecule has 4 heteroatoms. The van der Waals surface area contributed by atoms with Gasteiger partial charge >= 0.3 is 0 Å². The Bertz CT molecular complexity index is 302. The summed E-state index contributed by atoms with van der Waals surface area (Å²) in [6, 6.07) is 0.0680. The number of nitrogens with two attached hydrogens (primary N) is 1. The van der Waals surface area contributed by atoms with Crippen LogP contribution in [0, 0.1) is 11.3 Å². The van der Waals surface area contributed by atoms with Crippen LogP contribution < -0.4 is 11.1 Å². The standard InChI is InChI=1S/C14H26N2O2/c1-10(11-6-4-3-5-7-11)16-13(17)14(2)9-18-8-12(14)15/h10-12H,3-9,15H2,1-2H3,(H,16,17). The van der Waals surface area contributed by atoms with Crippen LogP contribution >= 0.6 is 0 Å². The van der Waals surface area contributed by atoms with E-state index in [4.69, 9.17) is 10.5 Å². The summed E-state index contributed by atoms with van der Waals surface area (Å²) in [7, 11) is 0. The van der Waals surface area contributed by atoms with Crippen molar-refractivity contribution in [3.63, 3.8) is 0 Å². The minimum atomic E-state index is -0.553. The molecule has 2 rings (SSSR count). The highest BCUT2D eigenvalue weighted by Gasteiger charge is 2.44. The van der Waals surface area contributed by atoms with E-state index in [9.17, 15) is 4.79 Å². The summed E-state index contributed by atoms with van der Waals surface area (Å²) in [6.07, 6.45) is 6.41. The first-order valence-electron chi connectivity index (χ1n) is 7.18. The van der Waals surface area contributed by atoms with E-state index < -0.39 is 5.41 Å². The summed E-state index contributed by atoms with van der Waals surface area (Å²) in [5.74, 6) is 0.690. The van der Waals surface area contributed by atoms with Crippen LogP contribution in [0.25, 0.3) is 0 Å². The first-order valence-corrected chi connectivity index (χ1v) is 7.18. The molecule has 0 spiro atoms. The highest BCUT2D eigenvalue weighted by atomic mass is 16.5. The zero-order valence-electron chi connectivity index (χ0n) is 11.6. The van der Waals surface area contributed by atoms with Gasteiger partial charge in [-0.3, -0.25) is 4.79 Å². The fourth-order valence-electron chi connectivity index (χ4n) is 3.05. The molecule has 1 amide bonds. The van der Waals surface area contributed by atoms with Crippen molar-refractivity contribution in [1.29, 1.82) is 0 Å². The van der Waals surface area contributed by atoms with Gasteiger partial charge in [0.05, 0.1) is 18.6 Å². The van der Waals surface area contributed by atoms with Gasteiger partial charge in [0.2, 0.25) is 5.91 Å². The van der Waals surface area contributed by atoms with Crippen LogP contribution in [0.3, 0.4) is 0 Å². The molecule has 1 heterocycles. The summed E-state index contributed by atoms with van der Waals surface area (Å²) in [5.41, 5.74) is 5.43. The molecule has 0 aromatic carbocycles. The van der Waals surface area contributed by atoms with Crippen molar-refractivity contribution in [2.75, 3.05) is 13.2 Å². The van der Waals surface area contributed by atoms with Gasteiger partial charge in [0.1, 0.15) is 0 Å². The second kappa shape index (κ2) is 5.57. The minimum Gasteiger partial charge on any atom is -0.379 e. The molecule has 18 heavy (non-hydrogen) atoms. The predicted octanol–water partition coefficient (Wildman–Crippen LogP) is 1.44. The Morgan fingerprint density at radius 2 is 2.06 bits per heavy atom. The molecule has 104 valence electrons. The lowest BCUT2D eigenvalue weighted by atomic mass is 9.82. The third-order valence-corrected chi connectivity index (χ3v) is 4.75. The number of nitrogens with one attached hydrogen (secondary N) is 1. The smallest absolute Gasteiger partial charge is 0.230 e. The molecule has 4 nitrogen and oxygen atoms in total. The molecule has 3 N–H and O–H groups in total. The number of amides is 1. The first kappa shape index (κ1) is 13.8. The molecule has 1 aliphatic heterocycles. The Morgan fingerprint density at radius 1 is 1.39 bits per heavy atom. The van der Waals surface area contributed by atoms with E-state index in [1.54, 1.807) is 0 Å². The van der Waals surface area contributed by atoms with Crippen molar-refractivity contribution in [1.82, 2.24) is 5.32 Å². The van der Waals surface area contributed by atoms with Gasteiger partial charge in [-0.1, -0.05) is 19.3 Å². The number of carbonyl (C=O) groups is 1. The molecule has 3 unspecified atom stereocenters. The van der Waals surface area contributed by atoms with E-state index in [0.29, 0.717) is 19.1 Å². The second-order valence-corrected chi connectivity index (χ2v) is 6.20. The normalized spacial score (nSPS) is 35.4. The van der Waals surface area contributed by atoms with Gasteiger partial charge in [-0.25, -0.2) is 0 Å². The van der Waals surface area contributed by atoms with Crippen LogP contribution in [0.2, 0.25) is 0 Å². The number of rotatable bonds is 3. The van der Waals surface area contributed by atoms with Crippen molar-refractivity contribution < 1.29 is 9.53 Å². The van der Waals surface area contributed by atoms with E-state index in [1.807, 2.05) is 6.92 Å². The second-order valence-electron chi connectivity index (χ2n) is 6.20. The molecule has 0 aromatic rings. The summed E-state index contributed by atoms with van der Waals surface area (Å²) in [4.78, 5) is 12.4. The Kier molecular flexibility index (Phi) is 4.28. The van der Waals surface area contributed by atoms with Gasteiger partial charge in [0, 0.05) is 12.1 Å². The topological polar surface area (TPSA) is 64.3 Å². The molecule has 2 aliphatic rings. The first-order chi connectivity index (χ1) is 8.54. The molecule has 0 aromatic heterocycles. The Labute approximate surface area is 110 Å². The van der Waals surface area contributed by atoms with Crippen LogP contribution in [0.1, 0.15) is 46.0 Å². The van der Waals surface area contributed by atoms with E-state index in [2.05, 4.69) is 12.2 Å². The Morgan fingerprint density at radius 3 is 2.61 bits per heavy atom. The quantitative estimate of drug-likeness (QED) is 0.801. The van der Waals surface area contributed by atoms with Crippen molar-refractivity contribution in [2.45, 2.75) is 58.0 Å². The van der Waals surface area contributed by atoms with E-state index in [-0.39, 0.29) is 18.0 Å². The highest BCUT2D eigenvalue weighted by Crippen LogP contribution is 2.30. The monoisotopic (exact) mass is 254 g/mol. The maximum absolute atomic E-state index is 12.4. The zero-order valence-corrected chi connectivity index (χ0v) is 11.6. The van der Waals surface area contributed by atoms with Crippen molar-refractivity contribution in [3.8, 4) is 0 Å². The Balaban J connectivity index is 1.90. The van der Waals surface area contributed by atoms with Gasteiger partial charge in [0.15, 0.2) is 0 Å². The molecular weight excluding hydrogens is 228 g/mol. The van der Waals surface area contributed by atoms with Crippen molar-refractivity contribution >= 4 is 5.91 Å². The SMILES string of the molecule is CC(NC(=O)C1(C)COCC1N)C1CCCCC1. The van der Waals surface area contributed by atoms with Crippen molar-refractivity contribution in [2.24, 2.45) is 17.1 Å². The van der Waals surface area contributed by atoms with Gasteiger partial charge < -0.3 is 15.8 Å².